The summed E-state index contributed by atoms with van der Waals surface area (Å²) in [7, 11) is 0. The Morgan fingerprint density at radius 2 is 1.47 bits per heavy atom. The summed E-state index contributed by atoms with van der Waals surface area (Å²) in [5.41, 5.74) is 2.12. The molecule has 2 aromatic heterocycles. The molecule has 3 aromatic carbocycles. The number of nitrogens with zero attached hydrogens (tertiary/aromatic N) is 6. The Morgan fingerprint density at radius 1 is 0.800 bits per heavy atom. The number of carbonyl (C=O) groups excluding carboxylic acids is 6. The van der Waals surface area contributed by atoms with Gasteiger partial charge in [0.15, 0.2) is 0 Å². The van der Waals surface area contributed by atoms with Gasteiger partial charge in [-0.3, -0.25) is 53.8 Å². The van der Waals surface area contributed by atoms with E-state index in [2.05, 4.69) is 78.0 Å². The van der Waals surface area contributed by atoms with Gasteiger partial charge in [-0.2, -0.15) is 0 Å². The van der Waals surface area contributed by atoms with Crippen molar-refractivity contribution < 1.29 is 37.9 Å². The SMILES string of the molecule is CC(C)(C1CCN(c2ccc3c(Oc4ccc(NC(=O)C5(C(=O)Nc6ccc(F)cc6)CC5)cc4)ccnc3c2)CC1)N1CCN(CCNc2nccc3c2C(=O)N(C2CCC(=O)NC2=O)C3=O)CC1. The first-order valence-electron chi connectivity index (χ1n) is 24.0. The van der Waals surface area contributed by atoms with E-state index in [0.29, 0.717) is 54.0 Å². The van der Waals surface area contributed by atoms with Crippen molar-refractivity contribution >= 4 is 69.2 Å². The number of amides is 6. The maximum atomic E-state index is 13.5. The second-order valence-corrected chi connectivity index (χ2v) is 19.3. The number of ether oxygens (including phenoxy) is 1. The van der Waals surface area contributed by atoms with Crippen LogP contribution in [0.2, 0.25) is 0 Å². The molecule has 70 heavy (non-hydrogen) atoms. The van der Waals surface area contributed by atoms with Gasteiger partial charge in [0, 0.05) is 99.2 Å². The predicted octanol–water partition coefficient (Wildman–Crippen LogP) is 6.04. The first kappa shape index (κ1) is 46.4. The highest BCUT2D eigenvalue weighted by atomic mass is 19.1. The number of hydrogen-bond donors (Lipinski definition) is 4. The van der Waals surface area contributed by atoms with Crippen LogP contribution in [0.4, 0.5) is 27.3 Å². The van der Waals surface area contributed by atoms with Crippen LogP contribution in [0.5, 0.6) is 11.5 Å². The largest absolute Gasteiger partial charge is 0.457 e. The summed E-state index contributed by atoms with van der Waals surface area (Å²) in [6.45, 7) is 11.5. The molecule has 17 nitrogen and oxygen atoms in total. The fraction of sp³-hybridized carbons (Fsp3) is 0.385. The third kappa shape index (κ3) is 9.15. The summed E-state index contributed by atoms with van der Waals surface area (Å²) in [5.74, 6) is -1.32. The molecule has 5 aliphatic rings. The summed E-state index contributed by atoms with van der Waals surface area (Å²) in [6, 6.07) is 21.1. The zero-order chi connectivity index (χ0) is 48.7. The molecule has 1 unspecified atom stereocenters. The Balaban J connectivity index is 0.682. The fourth-order valence-corrected chi connectivity index (χ4v) is 10.4. The van der Waals surface area contributed by atoms with Crippen molar-refractivity contribution in [2.75, 3.05) is 73.2 Å². The molecule has 3 saturated heterocycles. The monoisotopic (exact) mass is 950 g/mol. The number of piperidine rings is 2. The zero-order valence-corrected chi connectivity index (χ0v) is 39.1. The minimum atomic E-state index is -1.17. The maximum Gasteiger partial charge on any atom is 0.266 e. The molecule has 0 spiro atoms. The van der Waals surface area contributed by atoms with Crippen LogP contribution >= 0.6 is 0 Å². The molecule has 0 bridgehead atoms. The lowest BCUT2D eigenvalue weighted by Gasteiger charge is -2.50. The molecule has 5 aromatic rings. The summed E-state index contributed by atoms with van der Waals surface area (Å²) in [6.07, 6.45) is 6.36. The average molecular weight is 951 g/mol. The third-order valence-electron chi connectivity index (χ3n) is 14.9. The molecule has 1 aliphatic carbocycles. The number of aromatic nitrogens is 2. The van der Waals surface area contributed by atoms with Crippen LogP contribution in [-0.4, -0.2) is 124 Å². The summed E-state index contributed by atoms with van der Waals surface area (Å²) in [5, 5.41) is 12.0. The van der Waals surface area contributed by atoms with Crippen molar-refractivity contribution in [3.63, 3.8) is 0 Å². The molecule has 4 fully saturated rings. The van der Waals surface area contributed by atoms with E-state index < -0.39 is 46.8 Å². The van der Waals surface area contributed by atoms with E-state index >= 15 is 0 Å². The topological polar surface area (TPSA) is 199 Å². The lowest BCUT2D eigenvalue weighted by molar-refractivity contribution is -0.136. The molecule has 6 heterocycles. The van der Waals surface area contributed by atoms with Crippen LogP contribution in [0.25, 0.3) is 10.9 Å². The Hall–Kier alpha value is -7.31. The number of imide groups is 2. The number of carbonyl (C=O) groups is 6. The quantitative estimate of drug-likeness (QED) is 0.0743. The Bertz CT molecular complexity index is 2880. The van der Waals surface area contributed by atoms with Gasteiger partial charge in [0.2, 0.25) is 23.6 Å². The first-order valence-corrected chi connectivity index (χ1v) is 24.0. The molecule has 362 valence electrons. The molecule has 4 N–H and O–H groups in total. The molecule has 1 atom stereocenters. The molecule has 4 aliphatic heterocycles. The number of benzene rings is 3. The van der Waals surface area contributed by atoms with E-state index in [4.69, 9.17) is 4.74 Å². The van der Waals surface area contributed by atoms with Gasteiger partial charge in [0.25, 0.3) is 11.8 Å². The van der Waals surface area contributed by atoms with E-state index in [1.165, 1.54) is 36.5 Å². The van der Waals surface area contributed by atoms with Crippen molar-refractivity contribution in [2.45, 2.75) is 64.0 Å². The van der Waals surface area contributed by atoms with Crippen molar-refractivity contribution in [2.24, 2.45) is 11.3 Å². The second-order valence-electron chi connectivity index (χ2n) is 19.3. The Labute approximate surface area is 404 Å². The Kier molecular flexibility index (Phi) is 12.5. The van der Waals surface area contributed by atoms with Gasteiger partial charge in [-0.1, -0.05) is 0 Å². The minimum Gasteiger partial charge on any atom is -0.457 e. The zero-order valence-electron chi connectivity index (χ0n) is 39.1. The van der Waals surface area contributed by atoms with Gasteiger partial charge in [0.05, 0.1) is 16.6 Å². The number of hydrogen-bond acceptors (Lipinski definition) is 13. The van der Waals surface area contributed by atoms with E-state index in [1.807, 2.05) is 6.07 Å². The van der Waals surface area contributed by atoms with Gasteiger partial charge in [-0.15, -0.1) is 0 Å². The molecule has 10 rings (SSSR count). The van der Waals surface area contributed by atoms with Crippen LogP contribution in [0.15, 0.2) is 91.3 Å². The van der Waals surface area contributed by atoms with Crippen LogP contribution < -0.4 is 30.9 Å². The highest BCUT2D eigenvalue weighted by Crippen LogP contribution is 2.48. The third-order valence-corrected chi connectivity index (χ3v) is 14.9. The summed E-state index contributed by atoms with van der Waals surface area (Å²) in [4.78, 5) is 94.6. The van der Waals surface area contributed by atoms with Crippen molar-refractivity contribution in [3.8, 4) is 11.5 Å². The van der Waals surface area contributed by atoms with E-state index in [0.717, 1.165) is 80.1 Å². The lowest BCUT2D eigenvalue weighted by atomic mass is 9.78. The predicted molar refractivity (Wildman–Crippen MR) is 260 cm³/mol. The molecule has 6 amide bonds. The number of nitrogens with one attached hydrogen (secondary N) is 4. The van der Waals surface area contributed by atoms with Crippen molar-refractivity contribution in [1.29, 1.82) is 0 Å². The number of pyridine rings is 2. The van der Waals surface area contributed by atoms with Crippen molar-refractivity contribution in [1.82, 2.24) is 30.0 Å². The average Bonchev–Trinajstić information content (AvgIpc) is 4.14. The van der Waals surface area contributed by atoms with Crippen molar-refractivity contribution in [3.05, 3.63) is 108 Å². The van der Waals surface area contributed by atoms with Gasteiger partial charge in [-0.25, -0.2) is 9.37 Å². The Morgan fingerprint density at radius 3 is 2.14 bits per heavy atom. The number of piperazine rings is 1. The molecular weight excluding hydrogens is 896 g/mol. The highest BCUT2D eigenvalue weighted by Gasteiger charge is 2.56. The van der Waals surface area contributed by atoms with Crippen LogP contribution in [0.1, 0.15) is 73.1 Å². The molecule has 1 saturated carbocycles. The smallest absolute Gasteiger partial charge is 0.266 e. The standard InChI is InChI=1S/C52H55FN10O7/c1-51(2,62-29-27-60(28-30-62)26-23-56-45-44-39(15-21-55-45)47(66)63(48(44)67)41-13-14-43(64)59-46(41)65)32-17-24-61(25-18-32)36-9-12-38-40(31-36)54-22-16-42(38)70-37-10-7-35(8-11-37)58-50(69)52(19-20-52)49(68)57-34-5-3-33(53)4-6-34/h3-12,15-16,21-22,31-32,41H,13-14,17-20,23-30H2,1-2H3,(H,55,56)(H,57,68)(H,58,69)(H,59,64,65). The first-order chi connectivity index (χ1) is 33.8. The summed E-state index contributed by atoms with van der Waals surface area (Å²) >= 11 is 0. The van der Waals surface area contributed by atoms with Crippen LogP contribution in [-0.2, 0) is 19.2 Å². The normalized spacial score (nSPS) is 19.7. The van der Waals surface area contributed by atoms with Gasteiger partial charge < -0.3 is 25.6 Å². The molecule has 0 radical (unpaired) electrons. The highest BCUT2D eigenvalue weighted by molar-refractivity contribution is 6.25. The van der Waals surface area contributed by atoms with Gasteiger partial charge in [0.1, 0.15) is 34.6 Å². The van der Waals surface area contributed by atoms with Crippen LogP contribution in [0, 0.1) is 17.2 Å². The summed E-state index contributed by atoms with van der Waals surface area (Å²) < 4.78 is 19.6. The van der Waals surface area contributed by atoms with E-state index in [1.54, 1.807) is 30.5 Å². The minimum absolute atomic E-state index is 0.00926. The second kappa shape index (κ2) is 18.9. The van der Waals surface area contributed by atoms with Crippen LogP contribution in [0.3, 0.4) is 0 Å². The number of anilines is 4. The number of halogens is 1. The maximum absolute atomic E-state index is 13.5. The number of fused-ring (bicyclic) bond motifs is 2. The van der Waals surface area contributed by atoms with E-state index in [9.17, 15) is 33.2 Å². The molecular formula is C52H55FN10O7. The lowest BCUT2D eigenvalue weighted by Crippen LogP contribution is -2.59. The van der Waals surface area contributed by atoms with Gasteiger partial charge >= 0.3 is 0 Å². The molecule has 18 heteroatoms. The fourth-order valence-electron chi connectivity index (χ4n) is 10.4. The van der Waals surface area contributed by atoms with E-state index in [-0.39, 0.29) is 35.4 Å². The number of rotatable bonds is 14. The van der Waals surface area contributed by atoms with Gasteiger partial charge in [-0.05, 0) is 131 Å².